The fourth-order valence-corrected chi connectivity index (χ4v) is 3.31. The number of aromatic nitrogens is 5. The third-order valence-corrected chi connectivity index (χ3v) is 4.60. The molecular formula is C18H22N6O2. The molecule has 136 valence electrons. The summed E-state index contributed by atoms with van der Waals surface area (Å²) in [6, 6.07) is 5.66. The third-order valence-electron chi connectivity index (χ3n) is 4.60. The van der Waals surface area contributed by atoms with Gasteiger partial charge >= 0.3 is 0 Å². The first-order valence-corrected chi connectivity index (χ1v) is 8.93. The van der Waals surface area contributed by atoms with Gasteiger partial charge in [-0.1, -0.05) is 6.92 Å². The summed E-state index contributed by atoms with van der Waals surface area (Å²) in [5, 5.41) is 4.09. The summed E-state index contributed by atoms with van der Waals surface area (Å²) in [7, 11) is 0. The highest BCUT2D eigenvalue weighted by atomic mass is 16.3. The van der Waals surface area contributed by atoms with Gasteiger partial charge < -0.3 is 4.42 Å². The molecule has 0 saturated heterocycles. The van der Waals surface area contributed by atoms with Crippen LogP contribution < -0.4 is 5.56 Å². The maximum atomic E-state index is 12.5. The molecule has 0 bridgehead atoms. The molecule has 0 N–H and O–H groups in total. The average molecular weight is 354 g/mol. The minimum atomic E-state index is -0.00164. The molecule has 4 rings (SSSR count). The van der Waals surface area contributed by atoms with Crippen LogP contribution >= 0.6 is 0 Å². The molecule has 4 heterocycles. The lowest BCUT2D eigenvalue weighted by Crippen LogP contribution is -2.27. The minimum Gasteiger partial charge on any atom is -0.465 e. The maximum absolute atomic E-state index is 12.5. The molecular weight excluding hydrogens is 332 g/mol. The van der Waals surface area contributed by atoms with Crippen molar-refractivity contribution in [1.29, 1.82) is 0 Å². The van der Waals surface area contributed by atoms with Gasteiger partial charge in [0.1, 0.15) is 30.0 Å². The zero-order chi connectivity index (χ0) is 17.9. The molecule has 1 aliphatic rings. The largest absolute Gasteiger partial charge is 0.465 e. The lowest BCUT2D eigenvalue weighted by molar-refractivity contribution is 0.234. The van der Waals surface area contributed by atoms with Crippen molar-refractivity contribution >= 4 is 0 Å². The molecule has 8 heteroatoms. The van der Waals surface area contributed by atoms with Crippen molar-refractivity contribution in [3.05, 3.63) is 64.2 Å². The Hall–Kier alpha value is -2.74. The Balaban J connectivity index is 1.56. The van der Waals surface area contributed by atoms with Gasteiger partial charge in [0.25, 0.3) is 5.56 Å². The molecule has 3 aromatic rings. The molecule has 0 aliphatic carbocycles. The van der Waals surface area contributed by atoms with E-state index in [0.717, 1.165) is 43.3 Å². The van der Waals surface area contributed by atoms with Crippen molar-refractivity contribution in [2.24, 2.45) is 0 Å². The smallest absolute Gasteiger partial charge is 0.253 e. The van der Waals surface area contributed by atoms with Crippen molar-refractivity contribution in [3.8, 4) is 0 Å². The molecule has 3 aromatic heterocycles. The molecule has 1 aliphatic heterocycles. The molecule has 0 radical (unpaired) electrons. The summed E-state index contributed by atoms with van der Waals surface area (Å²) in [4.78, 5) is 23.5. The van der Waals surface area contributed by atoms with Gasteiger partial charge in [0.15, 0.2) is 0 Å². The van der Waals surface area contributed by atoms with Crippen LogP contribution in [0.25, 0.3) is 0 Å². The Morgan fingerprint density at radius 3 is 2.85 bits per heavy atom. The summed E-state index contributed by atoms with van der Waals surface area (Å²) in [5.74, 6) is 2.75. The Bertz CT molecular complexity index is 928. The average Bonchev–Trinajstić information content (AvgIpc) is 3.24. The summed E-state index contributed by atoms with van der Waals surface area (Å²) < 4.78 is 9.28. The zero-order valence-electron chi connectivity index (χ0n) is 14.8. The van der Waals surface area contributed by atoms with E-state index >= 15 is 0 Å². The third kappa shape index (κ3) is 3.60. The second kappa shape index (κ2) is 7.25. The molecule has 0 amide bonds. The molecule has 0 fully saturated rings. The fraction of sp³-hybridized carbons (Fsp3) is 0.444. The predicted octanol–water partition coefficient (Wildman–Crippen LogP) is 1.44. The molecule has 0 spiro atoms. The standard InChI is InChI=1S/C18H22N6O2/c1-2-15-4-5-16(26-15)10-22-6-3-7-24-17(11-22)21-14(8-18(24)25)9-23-13-19-12-20-23/h4-5,8,12-13H,2-3,6-7,9-11H2,1H3. The van der Waals surface area contributed by atoms with Crippen molar-refractivity contribution in [2.75, 3.05) is 6.54 Å². The highest BCUT2D eigenvalue weighted by molar-refractivity contribution is 5.09. The number of furan rings is 1. The first kappa shape index (κ1) is 16.7. The fourth-order valence-electron chi connectivity index (χ4n) is 3.31. The number of fused-ring (bicyclic) bond motifs is 1. The van der Waals surface area contributed by atoms with E-state index in [1.165, 1.54) is 6.33 Å². The van der Waals surface area contributed by atoms with Crippen LogP contribution in [0.2, 0.25) is 0 Å². The summed E-state index contributed by atoms with van der Waals surface area (Å²) >= 11 is 0. The predicted molar refractivity (Wildman–Crippen MR) is 94.4 cm³/mol. The van der Waals surface area contributed by atoms with E-state index < -0.39 is 0 Å². The van der Waals surface area contributed by atoms with E-state index in [0.29, 0.717) is 25.3 Å². The van der Waals surface area contributed by atoms with E-state index in [2.05, 4.69) is 21.9 Å². The van der Waals surface area contributed by atoms with Gasteiger partial charge in [0.2, 0.25) is 0 Å². The number of nitrogens with zero attached hydrogens (tertiary/aromatic N) is 6. The van der Waals surface area contributed by atoms with E-state index in [-0.39, 0.29) is 5.56 Å². The van der Waals surface area contributed by atoms with E-state index in [4.69, 9.17) is 9.40 Å². The second-order valence-corrected chi connectivity index (χ2v) is 6.53. The van der Waals surface area contributed by atoms with Crippen LogP contribution in [0.15, 0.2) is 40.1 Å². The van der Waals surface area contributed by atoms with Crippen LogP contribution in [0.4, 0.5) is 0 Å². The van der Waals surface area contributed by atoms with Gasteiger partial charge in [-0.05, 0) is 18.6 Å². The van der Waals surface area contributed by atoms with Gasteiger partial charge in [-0.15, -0.1) is 0 Å². The summed E-state index contributed by atoms with van der Waals surface area (Å²) in [5.41, 5.74) is 0.707. The quantitative estimate of drug-likeness (QED) is 0.690. The molecule has 0 saturated carbocycles. The van der Waals surface area contributed by atoms with Crippen molar-refractivity contribution in [3.63, 3.8) is 0 Å². The maximum Gasteiger partial charge on any atom is 0.253 e. The van der Waals surface area contributed by atoms with Crippen LogP contribution in [-0.4, -0.2) is 35.8 Å². The molecule has 26 heavy (non-hydrogen) atoms. The molecule has 0 aromatic carbocycles. The Morgan fingerprint density at radius 2 is 2.08 bits per heavy atom. The van der Waals surface area contributed by atoms with Gasteiger partial charge in [-0.2, -0.15) is 5.10 Å². The number of hydrogen-bond donors (Lipinski definition) is 0. The lowest BCUT2D eigenvalue weighted by Gasteiger charge is -2.18. The Labute approximate surface area is 151 Å². The van der Waals surface area contributed by atoms with Gasteiger partial charge in [-0.25, -0.2) is 14.6 Å². The van der Waals surface area contributed by atoms with E-state index in [9.17, 15) is 4.79 Å². The zero-order valence-corrected chi connectivity index (χ0v) is 14.8. The first-order chi connectivity index (χ1) is 12.7. The van der Waals surface area contributed by atoms with Gasteiger partial charge in [-0.3, -0.25) is 14.3 Å². The monoisotopic (exact) mass is 354 g/mol. The van der Waals surface area contributed by atoms with Crippen molar-refractivity contribution in [1.82, 2.24) is 29.2 Å². The van der Waals surface area contributed by atoms with Crippen molar-refractivity contribution < 1.29 is 4.42 Å². The van der Waals surface area contributed by atoms with Crippen LogP contribution in [0.1, 0.15) is 36.4 Å². The Kier molecular flexibility index (Phi) is 4.66. The number of rotatable bonds is 5. The topological polar surface area (TPSA) is 82.0 Å². The molecule has 0 unspecified atom stereocenters. The van der Waals surface area contributed by atoms with Crippen LogP contribution in [0.5, 0.6) is 0 Å². The Morgan fingerprint density at radius 1 is 1.19 bits per heavy atom. The minimum absolute atomic E-state index is 0.00164. The van der Waals surface area contributed by atoms with Crippen LogP contribution in [-0.2, 0) is 32.6 Å². The van der Waals surface area contributed by atoms with E-state index in [1.807, 2.05) is 12.1 Å². The van der Waals surface area contributed by atoms with Gasteiger partial charge in [0.05, 0.1) is 25.3 Å². The van der Waals surface area contributed by atoms with Crippen LogP contribution in [0, 0.1) is 0 Å². The van der Waals surface area contributed by atoms with E-state index in [1.54, 1.807) is 21.6 Å². The number of hydrogen-bond acceptors (Lipinski definition) is 6. The summed E-state index contributed by atoms with van der Waals surface area (Å²) in [6.07, 6.45) is 4.91. The van der Waals surface area contributed by atoms with Crippen molar-refractivity contribution in [2.45, 2.75) is 45.9 Å². The lowest BCUT2D eigenvalue weighted by atomic mass is 10.3. The molecule has 0 atom stereocenters. The molecule has 8 nitrogen and oxygen atoms in total. The highest BCUT2D eigenvalue weighted by Gasteiger charge is 2.18. The SMILES string of the molecule is CCc1ccc(CN2CCCn3c(nc(Cn4cncn4)cc3=O)C2)o1. The van der Waals surface area contributed by atoms with Crippen LogP contribution in [0.3, 0.4) is 0 Å². The normalized spacial score (nSPS) is 15.0. The second-order valence-electron chi connectivity index (χ2n) is 6.53. The highest BCUT2D eigenvalue weighted by Crippen LogP contribution is 2.15. The first-order valence-electron chi connectivity index (χ1n) is 8.93. The summed E-state index contributed by atoms with van der Waals surface area (Å²) in [6.45, 7) is 5.48. The number of aryl methyl sites for hydroxylation is 1. The van der Waals surface area contributed by atoms with Gasteiger partial charge in [0, 0.05) is 25.6 Å².